The lowest BCUT2D eigenvalue weighted by Gasteiger charge is -2.21. The van der Waals surface area contributed by atoms with Crippen molar-refractivity contribution in [3.63, 3.8) is 0 Å². The molecule has 0 unspecified atom stereocenters. The molecule has 0 radical (unpaired) electrons. The van der Waals surface area contributed by atoms with Crippen LogP contribution in [-0.2, 0) is 4.79 Å². The number of β-amino-alcohol motifs (C(OH)–C–C–N with tert-alkyl or cyclic N) is 1. The predicted molar refractivity (Wildman–Crippen MR) is 73.5 cm³/mol. The first-order valence-corrected chi connectivity index (χ1v) is 7.36. The monoisotopic (exact) mass is 342 g/mol. The third-order valence-corrected chi connectivity index (χ3v) is 4.23. The van der Waals surface area contributed by atoms with E-state index >= 15 is 0 Å². The van der Waals surface area contributed by atoms with Gasteiger partial charge in [0.2, 0.25) is 0 Å². The van der Waals surface area contributed by atoms with Gasteiger partial charge < -0.3 is 19.7 Å². The van der Waals surface area contributed by atoms with Crippen LogP contribution in [0.25, 0.3) is 0 Å². The molecule has 1 saturated carbocycles. The van der Waals surface area contributed by atoms with Gasteiger partial charge in [-0.05, 0) is 34.8 Å². The third kappa shape index (κ3) is 2.35. The summed E-state index contributed by atoms with van der Waals surface area (Å²) >= 11 is 3.35. The maximum Gasteiger partial charge on any atom is 0.326 e. The van der Waals surface area contributed by atoms with Gasteiger partial charge in [-0.1, -0.05) is 0 Å². The number of amides is 1. The highest BCUT2D eigenvalue weighted by Crippen LogP contribution is 2.38. The van der Waals surface area contributed by atoms with Gasteiger partial charge in [0, 0.05) is 29.7 Å². The lowest BCUT2D eigenvalue weighted by molar-refractivity contribution is -0.141. The van der Waals surface area contributed by atoms with Crippen LogP contribution in [0, 0.1) is 0 Å². The number of aliphatic carboxylic acids is 1. The molecular weight excluding hydrogens is 328 g/mol. The quantitative estimate of drug-likeness (QED) is 0.865. The van der Waals surface area contributed by atoms with Crippen molar-refractivity contribution in [3.05, 3.63) is 22.4 Å². The first kappa shape index (κ1) is 13.6. The van der Waals surface area contributed by atoms with E-state index in [1.165, 1.54) is 4.90 Å². The molecule has 1 aliphatic carbocycles. The highest BCUT2D eigenvalue weighted by molar-refractivity contribution is 9.10. The fourth-order valence-corrected chi connectivity index (χ4v) is 3.13. The van der Waals surface area contributed by atoms with Crippen LogP contribution in [0.1, 0.15) is 35.8 Å². The summed E-state index contributed by atoms with van der Waals surface area (Å²) in [7, 11) is 0. The van der Waals surface area contributed by atoms with E-state index in [0.29, 0.717) is 11.7 Å². The topological polar surface area (TPSA) is 82.8 Å². The normalized spacial score (nSPS) is 26.0. The van der Waals surface area contributed by atoms with Crippen LogP contribution in [0.5, 0.6) is 0 Å². The number of aliphatic hydroxyl groups excluding tert-OH is 1. The molecule has 1 saturated heterocycles. The summed E-state index contributed by atoms with van der Waals surface area (Å²) in [6.07, 6.45) is 3.24. The van der Waals surface area contributed by atoms with Crippen molar-refractivity contribution >= 4 is 27.8 Å². The molecule has 0 bridgehead atoms. The summed E-state index contributed by atoms with van der Waals surface area (Å²) < 4.78 is 2.70. The minimum atomic E-state index is -1.07. The van der Waals surface area contributed by atoms with E-state index in [2.05, 4.69) is 15.9 Å². The molecule has 20 heavy (non-hydrogen) atoms. The molecule has 3 rings (SSSR count). The molecule has 6 nitrogen and oxygen atoms in total. The molecule has 2 heterocycles. The summed E-state index contributed by atoms with van der Waals surface area (Å²) in [5, 5.41) is 18.8. The number of carbonyl (C=O) groups is 2. The average molecular weight is 343 g/mol. The van der Waals surface area contributed by atoms with Crippen molar-refractivity contribution in [2.45, 2.75) is 37.5 Å². The summed E-state index contributed by atoms with van der Waals surface area (Å²) in [4.78, 5) is 25.0. The number of carbonyl (C=O) groups excluding carboxylic acids is 1. The minimum absolute atomic E-state index is 0.0727. The summed E-state index contributed by atoms with van der Waals surface area (Å²) in [5.74, 6) is -1.40. The lowest BCUT2D eigenvalue weighted by atomic mass is 10.2. The molecule has 2 aliphatic rings. The SMILES string of the molecule is O=C(O)[C@H]1C[C@@H](O)CN1C(=O)c1cc(Br)cn1C1CC1. The molecule has 2 fully saturated rings. The van der Waals surface area contributed by atoms with Crippen LogP contribution in [0.2, 0.25) is 0 Å². The maximum atomic E-state index is 12.6. The van der Waals surface area contributed by atoms with Crippen molar-refractivity contribution in [1.29, 1.82) is 0 Å². The Morgan fingerprint density at radius 2 is 2.05 bits per heavy atom. The number of carboxylic acid groups (broad SMARTS) is 1. The largest absolute Gasteiger partial charge is 0.480 e. The van der Waals surface area contributed by atoms with E-state index in [0.717, 1.165) is 17.3 Å². The maximum absolute atomic E-state index is 12.6. The molecular formula is C13H15BrN2O4. The number of aliphatic hydroxyl groups is 1. The molecule has 0 spiro atoms. The van der Waals surface area contributed by atoms with Gasteiger partial charge in [-0.15, -0.1) is 0 Å². The number of rotatable bonds is 3. The Morgan fingerprint density at radius 1 is 1.35 bits per heavy atom. The third-order valence-electron chi connectivity index (χ3n) is 3.80. The van der Waals surface area contributed by atoms with E-state index in [1.807, 2.05) is 10.8 Å². The van der Waals surface area contributed by atoms with Gasteiger partial charge in [-0.25, -0.2) is 4.79 Å². The van der Waals surface area contributed by atoms with Crippen LogP contribution >= 0.6 is 15.9 Å². The van der Waals surface area contributed by atoms with Gasteiger partial charge in [0.1, 0.15) is 11.7 Å². The summed E-state index contributed by atoms with van der Waals surface area (Å²) in [5.41, 5.74) is 0.486. The Kier molecular flexibility index (Phi) is 3.33. The van der Waals surface area contributed by atoms with Crippen LogP contribution in [-0.4, -0.2) is 50.2 Å². The van der Waals surface area contributed by atoms with Gasteiger partial charge in [-0.2, -0.15) is 0 Å². The number of hydrogen-bond donors (Lipinski definition) is 2. The Labute approximate surface area is 124 Å². The highest BCUT2D eigenvalue weighted by atomic mass is 79.9. The summed E-state index contributed by atoms with van der Waals surface area (Å²) in [6.45, 7) is 0.0727. The van der Waals surface area contributed by atoms with Crippen molar-refractivity contribution in [2.24, 2.45) is 0 Å². The molecule has 2 atom stereocenters. The second-order valence-electron chi connectivity index (χ2n) is 5.38. The Hall–Kier alpha value is -1.34. The van der Waals surface area contributed by atoms with Gasteiger partial charge in [0.25, 0.3) is 5.91 Å². The van der Waals surface area contributed by atoms with Crippen molar-refractivity contribution in [1.82, 2.24) is 9.47 Å². The summed E-state index contributed by atoms with van der Waals surface area (Å²) in [6, 6.07) is 1.10. The van der Waals surface area contributed by atoms with Gasteiger partial charge in [0.05, 0.1) is 6.10 Å². The molecule has 0 aromatic carbocycles. The zero-order valence-electron chi connectivity index (χ0n) is 10.7. The molecule has 108 valence electrons. The number of aromatic nitrogens is 1. The molecule has 2 N–H and O–H groups in total. The Morgan fingerprint density at radius 3 is 2.65 bits per heavy atom. The molecule has 1 aromatic heterocycles. The number of carboxylic acids is 1. The van der Waals surface area contributed by atoms with Crippen LogP contribution in [0.15, 0.2) is 16.7 Å². The fraction of sp³-hybridized carbons (Fsp3) is 0.538. The van der Waals surface area contributed by atoms with Crippen LogP contribution in [0.4, 0.5) is 0 Å². The van der Waals surface area contributed by atoms with Gasteiger partial charge in [-0.3, -0.25) is 4.79 Å². The van der Waals surface area contributed by atoms with E-state index < -0.39 is 18.1 Å². The smallest absolute Gasteiger partial charge is 0.326 e. The number of likely N-dealkylation sites (tertiary alicyclic amines) is 1. The van der Waals surface area contributed by atoms with Gasteiger partial charge in [0.15, 0.2) is 0 Å². The molecule has 1 aromatic rings. The second kappa shape index (κ2) is 4.89. The van der Waals surface area contributed by atoms with Crippen molar-refractivity contribution < 1.29 is 19.8 Å². The first-order chi connectivity index (χ1) is 9.47. The van der Waals surface area contributed by atoms with Gasteiger partial charge >= 0.3 is 5.97 Å². The molecule has 1 amide bonds. The molecule has 7 heteroatoms. The van der Waals surface area contributed by atoms with Crippen molar-refractivity contribution in [3.8, 4) is 0 Å². The van der Waals surface area contributed by atoms with E-state index in [4.69, 9.17) is 0 Å². The Bertz CT molecular complexity index is 567. The number of nitrogens with zero attached hydrogens (tertiary/aromatic N) is 2. The lowest BCUT2D eigenvalue weighted by Crippen LogP contribution is -2.41. The van der Waals surface area contributed by atoms with Crippen LogP contribution in [0.3, 0.4) is 0 Å². The zero-order chi connectivity index (χ0) is 14.4. The van der Waals surface area contributed by atoms with Crippen LogP contribution < -0.4 is 0 Å². The zero-order valence-corrected chi connectivity index (χ0v) is 12.3. The first-order valence-electron chi connectivity index (χ1n) is 6.56. The highest BCUT2D eigenvalue weighted by Gasteiger charge is 2.41. The fourth-order valence-electron chi connectivity index (χ4n) is 2.69. The number of hydrogen-bond acceptors (Lipinski definition) is 3. The standard InChI is InChI=1S/C13H15BrN2O4/c14-7-3-10(15(5-7)8-1-2-8)12(18)16-6-9(17)4-11(16)13(19)20/h3,5,8-9,11,17H,1-2,4,6H2,(H,19,20)/t9-,11-/m1/s1. The van der Waals surface area contributed by atoms with E-state index in [-0.39, 0.29) is 18.9 Å². The van der Waals surface area contributed by atoms with E-state index in [9.17, 15) is 19.8 Å². The second-order valence-corrected chi connectivity index (χ2v) is 6.30. The predicted octanol–water partition coefficient (Wildman–Crippen LogP) is 1.25. The van der Waals surface area contributed by atoms with E-state index in [1.54, 1.807) is 6.07 Å². The van der Waals surface area contributed by atoms with Crippen molar-refractivity contribution in [2.75, 3.05) is 6.54 Å². The minimum Gasteiger partial charge on any atom is -0.480 e. The molecule has 1 aliphatic heterocycles. The number of halogens is 1. The average Bonchev–Trinajstić information content (AvgIpc) is 3.04. The Balaban J connectivity index is 1.90.